The molecule has 1 aliphatic rings. The zero-order valence-electron chi connectivity index (χ0n) is 17.6. The number of esters is 1. The van der Waals surface area contributed by atoms with Crippen molar-refractivity contribution in [1.82, 2.24) is 9.62 Å². The Balaban J connectivity index is 1.62. The lowest BCUT2D eigenvalue weighted by molar-refractivity contribution is -0.123. The number of imide groups is 1. The zero-order valence-corrected chi connectivity index (χ0v) is 18.4. The van der Waals surface area contributed by atoms with Crippen molar-refractivity contribution < 1.29 is 41.4 Å². The van der Waals surface area contributed by atoms with Gasteiger partial charge in [-0.05, 0) is 42.5 Å². The summed E-state index contributed by atoms with van der Waals surface area (Å²) in [4.78, 5) is 35.6. The van der Waals surface area contributed by atoms with Gasteiger partial charge in [-0.1, -0.05) is 0 Å². The van der Waals surface area contributed by atoms with Crippen molar-refractivity contribution >= 4 is 27.8 Å². The number of halogens is 1. The summed E-state index contributed by atoms with van der Waals surface area (Å²) in [7, 11) is -2.73. The van der Waals surface area contributed by atoms with E-state index in [4.69, 9.17) is 14.2 Å². The second-order valence-electron chi connectivity index (χ2n) is 6.84. The summed E-state index contributed by atoms with van der Waals surface area (Å²) >= 11 is 0. The summed E-state index contributed by atoms with van der Waals surface area (Å²) in [5, 5.41) is 2.06. The molecule has 3 rings (SSSR count). The lowest BCUT2D eigenvalue weighted by Crippen LogP contribution is -2.41. The maximum absolute atomic E-state index is 14.3. The molecule has 0 saturated carbocycles. The number of hydrogen-bond donors (Lipinski definition) is 1. The maximum Gasteiger partial charge on any atom is 0.338 e. The Morgan fingerprint density at radius 2 is 1.70 bits per heavy atom. The van der Waals surface area contributed by atoms with E-state index < -0.39 is 45.1 Å². The molecule has 12 heteroatoms. The minimum atomic E-state index is -4.19. The third-order valence-corrected chi connectivity index (χ3v) is 6.61. The van der Waals surface area contributed by atoms with Crippen molar-refractivity contribution in [3.8, 4) is 5.75 Å². The third-order valence-electron chi connectivity index (χ3n) is 4.69. The number of sulfonamides is 1. The molecule has 0 atom stereocenters. The lowest BCUT2D eigenvalue weighted by atomic mass is 10.2. The van der Waals surface area contributed by atoms with E-state index >= 15 is 0 Å². The number of carbonyl (C=O) groups is 3. The van der Waals surface area contributed by atoms with Gasteiger partial charge >= 0.3 is 5.97 Å². The fourth-order valence-electron chi connectivity index (χ4n) is 2.95. The number of rotatable bonds is 7. The van der Waals surface area contributed by atoms with Gasteiger partial charge in [0.25, 0.3) is 11.8 Å². The first-order valence-corrected chi connectivity index (χ1v) is 11.2. The molecule has 0 aliphatic carbocycles. The van der Waals surface area contributed by atoms with Gasteiger partial charge in [0.15, 0.2) is 6.61 Å². The highest BCUT2D eigenvalue weighted by atomic mass is 32.2. The second-order valence-corrected chi connectivity index (χ2v) is 8.75. The van der Waals surface area contributed by atoms with Crippen LogP contribution in [-0.2, 0) is 24.3 Å². The average molecular weight is 480 g/mol. The number of methoxy groups -OCH3 is 1. The molecule has 0 bridgehead atoms. The van der Waals surface area contributed by atoms with Crippen LogP contribution in [0.15, 0.2) is 47.4 Å². The first-order valence-electron chi connectivity index (χ1n) is 9.75. The molecule has 33 heavy (non-hydrogen) atoms. The molecule has 1 N–H and O–H groups in total. The van der Waals surface area contributed by atoms with E-state index in [-0.39, 0.29) is 37.4 Å². The minimum Gasteiger partial charge on any atom is -0.497 e. The first kappa shape index (κ1) is 24.3. The predicted octanol–water partition coefficient (Wildman–Crippen LogP) is 0.969. The Morgan fingerprint density at radius 1 is 1.06 bits per heavy atom. The van der Waals surface area contributed by atoms with Crippen LogP contribution < -0.4 is 10.1 Å². The van der Waals surface area contributed by atoms with Crippen molar-refractivity contribution in [2.24, 2.45) is 0 Å². The highest BCUT2D eigenvalue weighted by Gasteiger charge is 2.30. The molecule has 2 aromatic rings. The van der Waals surface area contributed by atoms with Gasteiger partial charge in [0.1, 0.15) is 16.5 Å². The van der Waals surface area contributed by atoms with Crippen molar-refractivity contribution in [2.75, 3.05) is 40.0 Å². The van der Waals surface area contributed by atoms with E-state index in [1.54, 1.807) is 0 Å². The molecular formula is C21H21FN2O8S. The fraction of sp³-hybridized carbons (Fsp3) is 0.286. The molecule has 2 aromatic carbocycles. The zero-order chi connectivity index (χ0) is 24.0. The number of amides is 2. The summed E-state index contributed by atoms with van der Waals surface area (Å²) in [5.74, 6) is -3.16. The maximum atomic E-state index is 14.3. The second kappa shape index (κ2) is 10.5. The van der Waals surface area contributed by atoms with Crippen molar-refractivity contribution in [3.63, 3.8) is 0 Å². The lowest BCUT2D eigenvalue weighted by Gasteiger charge is -2.26. The van der Waals surface area contributed by atoms with Crippen molar-refractivity contribution in [3.05, 3.63) is 59.4 Å². The highest BCUT2D eigenvalue weighted by molar-refractivity contribution is 7.89. The Hall–Kier alpha value is -3.35. The molecule has 1 saturated heterocycles. The van der Waals surface area contributed by atoms with E-state index in [1.807, 2.05) is 0 Å². The van der Waals surface area contributed by atoms with E-state index in [9.17, 15) is 27.2 Å². The van der Waals surface area contributed by atoms with E-state index in [2.05, 4.69) is 5.32 Å². The predicted molar refractivity (Wildman–Crippen MR) is 112 cm³/mol. The molecule has 0 aromatic heterocycles. The number of morpholine rings is 1. The van der Waals surface area contributed by atoms with Crippen LogP contribution >= 0.6 is 0 Å². The Bertz CT molecular complexity index is 1150. The van der Waals surface area contributed by atoms with E-state index in [0.717, 1.165) is 22.5 Å². The van der Waals surface area contributed by atoms with Gasteiger partial charge < -0.3 is 14.2 Å². The molecule has 1 fully saturated rings. The summed E-state index contributed by atoms with van der Waals surface area (Å²) in [6.07, 6.45) is 0. The third kappa shape index (κ3) is 5.92. The highest BCUT2D eigenvalue weighted by Crippen LogP contribution is 2.22. The van der Waals surface area contributed by atoms with Crippen LogP contribution in [0.5, 0.6) is 5.75 Å². The van der Waals surface area contributed by atoms with E-state index in [0.29, 0.717) is 5.75 Å². The summed E-state index contributed by atoms with van der Waals surface area (Å²) < 4.78 is 55.7. The smallest absolute Gasteiger partial charge is 0.338 e. The van der Waals surface area contributed by atoms with Gasteiger partial charge in [0.2, 0.25) is 10.0 Å². The van der Waals surface area contributed by atoms with Crippen LogP contribution in [0, 0.1) is 5.82 Å². The van der Waals surface area contributed by atoms with Crippen LogP contribution in [0.25, 0.3) is 0 Å². The topological polar surface area (TPSA) is 128 Å². The quantitative estimate of drug-likeness (QED) is 0.581. The van der Waals surface area contributed by atoms with Gasteiger partial charge in [-0.2, -0.15) is 4.31 Å². The molecule has 10 nitrogen and oxygen atoms in total. The van der Waals surface area contributed by atoms with Gasteiger partial charge in [0, 0.05) is 18.7 Å². The summed E-state index contributed by atoms with van der Waals surface area (Å²) in [6.45, 7) is -0.346. The van der Waals surface area contributed by atoms with Gasteiger partial charge in [0.05, 0.1) is 25.9 Å². The van der Waals surface area contributed by atoms with Crippen molar-refractivity contribution in [2.45, 2.75) is 4.90 Å². The summed E-state index contributed by atoms with van der Waals surface area (Å²) in [5.41, 5.74) is -0.0792. The van der Waals surface area contributed by atoms with E-state index in [1.165, 1.54) is 31.4 Å². The minimum absolute atomic E-state index is 0.0544. The Morgan fingerprint density at radius 3 is 2.33 bits per heavy atom. The SMILES string of the molecule is COc1ccc(C(=O)NC(=O)COC(=O)c2ccc(F)c(S(=O)(=O)N3CCOCC3)c2)cc1. The van der Waals surface area contributed by atoms with Crippen LogP contribution in [-0.4, -0.2) is 70.5 Å². The Labute approximate surface area is 189 Å². The molecule has 176 valence electrons. The van der Waals surface area contributed by atoms with Gasteiger partial charge in [-0.25, -0.2) is 17.6 Å². The number of nitrogens with one attached hydrogen (secondary N) is 1. The number of carbonyl (C=O) groups excluding carboxylic acids is 3. The Kier molecular flexibility index (Phi) is 7.74. The van der Waals surface area contributed by atoms with Crippen LogP contribution in [0.3, 0.4) is 0 Å². The van der Waals surface area contributed by atoms with Gasteiger partial charge in [-0.15, -0.1) is 0 Å². The normalized spacial score (nSPS) is 14.4. The van der Waals surface area contributed by atoms with Crippen LogP contribution in [0.1, 0.15) is 20.7 Å². The molecule has 2 amide bonds. The van der Waals surface area contributed by atoms with Crippen LogP contribution in [0.4, 0.5) is 4.39 Å². The summed E-state index contributed by atoms with van der Waals surface area (Å²) in [6, 6.07) is 8.69. The monoisotopic (exact) mass is 480 g/mol. The van der Waals surface area contributed by atoms with Crippen molar-refractivity contribution in [1.29, 1.82) is 0 Å². The molecular weight excluding hydrogens is 459 g/mol. The molecule has 0 unspecified atom stereocenters. The molecule has 1 heterocycles. The van der Waals surface area contributed by atoms with Crippen LogP contribution in [0.2, 0.25) is 0 Å². The molecule has 0 radical (unpaired) electrons. The standard InChI is InChI=1S/C21H21FN2O8S/c1-30-16-5-2-14(3-6-16)20(26)23-19(25)13-32-21(27)15-4-7-17(22)18(12-15)33(28,29)24-8-10-31-11-9-24/h2-7,12H,8-11,13H2,1H3,(H,23,25,26). The number of benzene rings is 2. The van der Waals surface area contributed by atoms with Gasteiger partial charge in [-0.3, -0.25) is 14.9 Å². The fourth-order valence-corrected chi connectivity index (χ4v) is 4.44. The number of ether oxygens (including phenoxy) is 3. The number of hydrogen-bond acceptors (Lipinski definition) is 8. The average Bonchev–Trinajstić information content (AvgIpc) is 2.83. The molecule has 1 aliphatic heterocycles. The number of nitrogens with zero attached hydrogens (tertiary/aromatic N) is 1. The largest absolute Gasteiger partial charge is 0.497 e. The molecule has 0 spiro atoms. The first-order chi connectivity index (χ1) is 15.7.